The van der Waals surface area contributed by atoms with Crippen LogP contribution in [0.25, 0.3) is 0 Å². The van der Waals surface area contributed by atoms with Crippen LogP contribution in [-0.2, 0) is 35.2 Å². The maximum atomic E-state index is 12.9. The number of nitrogens with one attached hydrogen (secondary N) is 4. The van der Waals surface area contributed by atoms with Gasteiger partial charge in [0.25, 0.3) is 0 Å². The molecule has 228 valence electrons. The van der Waals surface area contributed by atoms with E-state index >= 15 is 0 Å². The highest BCUT2D eigenvalue weighted by atomic mass is 16.4. The minimum atomic E-state index is -1.19. The lowest BCUT2D eigenvalue weighted by Gasteiger charge is -2.27. The number of benzene rings is 1. The number of hydrogen-bond acceptors (Lipinski definition) is 7. The standard InChI is InChI=1S/C28H44N6O7/c1-5-16(3)23(27(39)34-24(28(40)41)17(4)6-2)33-22(36)15-31-26(38)20(12-13-21(30)35)32-25(37)19(29)14-18-10-8-7-9-11-18/h7-11,16-17,19-20,23-24H,5-6,12-15,29H2,1-4H3,(H2,30,35)(H,31,38)(H,32,37)(H,33,36)(H,34,39)(H,40,41)/t16-,17-,19-,20-,23-,24-/m0/s1. The SMILES string of the molecule is CC[C@H](C)[C@H](NC(=O)[C@@H](NC(=O)CNC(=O)[C@H](CCC(N)=O)NC(=O)[C@@H](N)Cc1ccccc1)[C@@H](C)CC)C(=O)O. The largest absolute Gasteiger partial charge is 0.480 e. The van der Waals surface area contributed by atoms with Crippen LogP contribution in [0.1, 0.15) is 58.9 Å². The first kappa shape index (κ1) is 35.0. The normalized spacial score (nSPS) is 15.2. The van der Waals surface area contributed by atoms with Crippen molar-refractivity contribution in [3.63, 3.8) is 0 Å². The second kappa shape index (κ2) is 17.6. The number of primary amides is 1. The van der Waals surface area contributed by atoms with E-state index in [4.69, 9.17) is 11.5 Å². The van der Waals surface area contributed by atoms with Crippen LogP contribution in [0.15, 0.2) is 30.3 Å². The second-order valence-corrected chi connectivity index (χ2v) is 10.2. The van der Waals surface area contributed by atoms with E-state index in [1.54, 1.807) is 32.9 Å². The minimum Gasteiger partial charge on any atom is -0.480 e. The van der Waals surface area contributed by atoms with Gasteiger partial charge in [0.1, 0.15) is 18.1 Å². The van der Waals surface area contributed by atoms with Crippen molar-refractivity contribution in [2.24, 2.45) is 23.3 Å². The summed E-state index contributed by atoms with van der Waals surface area (Å²) < 4.78 is 0. The van der Waals surface area contributed by atoms with Gasteiger partial charge in [-0.3, -0.25) is 24.0 Å². The van der Waals surface area contributed by atoms with E-state index in [1.165, 1.54) is 0 Å². The van der Waals surface area contributed by atoms with E-state index in [0.717, 1.165) is 5.56 Å². The molecule has 0 heterocycles. The zero-order valence-electron chi connectivity index (χ0n) is 24.1. The van der Waals surface area contributed by atoms with Gasteiger partial charge in [0.2, 0.25) is 29.5 Å². The van der Waals surface area contributed by atoms with Crippen LogP contribution in [0.5, 0.6) is 0 Å². The Morgan fingerprint density at radius 2 is 1.41 bits per heavy atom. The summed E-state index contributed by atoms with van der Waals surface area (Å²) in [4.78, 5) is 74.2. The summed E-state index contributed by atoms with van der Waals surface area (Å²) in [6.45, 7) is 6.52. The summed E-state index contributed by atoms with van der Waals surface area (Å²) in [6, 6.07) is 4.72. The smallest absolute Gasteiger partial charge is 0.326 e. The van der Waals surface area contributed by atoms with Crippen molar-refractivity contribution in [3.8, 4) is 0 Å². The number of rotatable bonds is 18. The number of hydrogen-bond donors (Lipinski definition) is 7. The van der Waals surface area contributed by atoms with Crippen LogP contribution in [0, 0.1) is 11.8 Å². The van der Waals surface area contributed by atoms with Crippen molar-refractivity contribution in [2.45, 2.75) is 84.0 Å². The van der Waals surface area contributed by atoms with E-state index in [0.29, 0.717) is 12.8 Å². The zero-order valence-corrected chi connectivity index (χ0v) is 24.1. The van der Waals surface area contributed by atoms with Gasteiger partial charge < -0.3 is 37.8 Å². The molecular weight excluding hydrogens is 532 g/mol. The molecule has 1 aromatic carbocycles. The summed E-state index contributed by atoms with van der Waals surface area (Å²) in [5, 5.41) is 19.5. The molecule has 0 aliphatic carbocycles. The molecule has 0 fully saturated rings. The van der Waals surface area contributed by atoms with Gasteiger partial charge in [-0.1, -0.05) is 70.9 Å². The Morgan fingerprint density at radius 3 is 1.95 bits per heavy atom. The third kappa shape index (κ3) is 12.4. The Morgan fingerprint density at radius 1 is 0.829 bits per heavy atom. The molecule has 0 aromatic heterocycles. The fourth-order valence-electron chi connectivity index (χ4n) is 3.94. The van der Waals surface area contributed by atoms with Gasteiger partial charge in [0.15, 0.2) is 0 Å². The van der Waals surface area contributed by atoms with Gasteiger partial charge in [0, 0.05) is 6.42 Å². The molecule has 0 saturated carbocycles. The van der Waals surface area contributed by atoms with Crippen molar-refractivity contribution in [1.29, 1.82) is 0 Å². The van der Waals surface area contributed by atoms with Gasteiger partial charge >= 0.3 is 5.97 Å². The summed E-state index contributed by atoms with van der Waals surface area (Å²) in [6.07, 6.45) is 0.939. The Bertz CT molecular complexity index is 1050. The number of amides is 5. The molecule has 5 amide bonds. The number of carbonyl (C=O) groups excluding carboxylic acids is 5. The maximum Gasteiger partial charge on any atom is 0.326 e. The lowest BCUT2D eigenvalue weighted by atomic mass is 9.95. The number of carboxylic acids is 1. The molecule has 9 N–H and O–H groups in total. The fraction of sp³-hybridized carbons (Fsp3) is 0.571. The summed E-state index contributed by atoms with van der Waals surface area (Å²) in [7, 11) is 0. The predicted molar refractivity (Wildman–Crippen MR) is 152 cm³/mol. The Balaban J connectivity index is 2.85. The molecule has 0 aliphatic heterocycles. The van der Waals surface area contributed by atoms with Gasteiger partial charge in [-0.25, -0.2) is 4.79 Å². The molecule has 41 heavy (non-hydrogen) atoms. The first-order chi connectivity index (χ1) is 19.3. The lowest BCUT2D eigenvalue weighted by molar-refractivity contribution is -0.144. The molecular formula is C28H44N6O7. The van der Waals surface area contributed by atoms with Crippen LogP contribution in [0.2, 0.25) is 0 Å². The monoisotopic (exact) mass is 576 g/mol. The average Bonchev–Trinajstić information content (AvgIpc) is 2.94. The topological polar surface area (TPSA) is 223 Å². The van der Waals surface area contributed by atoms with Crippen molar-refractivity contribution >= 4 is 35.5 Å². The number of aliphatic carboxylic acids is 1. The van der Waals surface area contributed by atoms with Crippen LogP contribution in [0.3, 0.4) is 0 Å². The molecule has 0 bridgehead atoms. The van der Waals surface area contributed by atoms with Gasteiger partial charge in [0.05, 0.1) is 12.6 Å². The number of carbonyl (C=O) groups is 6. The molecule has 1 aromatic rings. The molecule has 0 saturated heterocycles. The molecule has 13 nitrogen and oxygen atoms in total. The first-order valence-electron chi connectivity index (χ1n) is 13.8. The average molecular weight is 577 g/mol. The predicted octanol–water partition coefficient (Wildman–Crippen LogP) is -0.431. The van der Waals surface area contributed by atoms with Gasteiger partial charge in [-0.2, -0.15) is 0 Å². The Kier molecular flexibility index (Phi) is 15.1. The zero-order chi connectivity index (χ0) is 31.1. The highest BCUT2D eigenvalue weighted by molar-refractivity contribution is 5.94. The summed E-state index contributed by atoms with van der Waals surface area (Å²) in [5.41, 5.74) is 12.0. The fourth-order valence-corrected chi connectivity index (χ4v) is 3.94. The van der Waals surface area contributed by atoms with Crippen LogP contribution < -0.4 is 32.7 Å². The van der Waals surface area contributed by atoms with Crippen molar-refractivity contribution in [1.82, 2.24) is 21.3 Å². The van der Waals surface area contributed by atoms with Gasteiger partial charge in [-0.05, 0) is 30.2 Å². The Labute approximate surface area is 240 Å². The van der Waals surface area contributed by atoms with E-state index in [2.05, 4.69) is 21.3 Å². The van der Waals surface area contributed by atoms with Gasteiger partial charge in [-0.15, -0.1) is 0 Å². The van der Waals surface area contributed by atoms with Crippen molar-refractivity contribution in [3.05, 3.63) is 35.9 Å². The minimum absolute atomic E-state index is 0.114. The highest BCUT2D eigenvalue weighted by Gasteiger charge is 2.32. The van der Waals surface area contributed by atoms with E-state index in [9.17, 15) is 33.9 Å². The molecule has 0 radical (unpaired) electrons. The van der Waals surface area contributed by atoms with E-state index in [1.807, 2.05) is 25.1 Å². The highest BCUT2D eigenvalue weighted by Crippen LogP contribution is 2.12. The molecule has 6 atom stereocenters. The third-order valence-electron chi connectivity index (χ3n) is 6.96. The first-order valence-corrected chi connectivity index (χ1v) is 13.8. The van der Waals surface area contributed by atoms with E-state index < -0.39 is 66.2 Å². The quantitative estimate of drug-likeness (QED) is 0.121. The number of nitrogens with two attached hydrogens (primary N) is 2. The van der Waals surface area contributed by atoms with E-state index in [-0.39, 0.29) is 31.1 Å². The lowest BCUT2D eigenvalue weighted by Crippen LogP contribution is -2.57. The van der Waals surface area contributed by atoms with Crippen LogP contribution >= 0.6 is 0 Å². The summed E-state index contributed by atoms with van der Waals surface area (Å²) >= 11 is 0. The maximum absolute atomic E-state index is 12.9. The van der Waals surface area contributed by atoms with Crippen molar-refractivity contribution in [2.75, 3.05) is 6.54 Å². The van der Waals surface area contributed by atoms with Crippen LogP contribution in [0.4, 0.5) is 0 Å². The van der Waals surface area contributed by atoms with Crippen LogP contribution in [-0.4, -0.2) is 71.3 Å². The molecule has 13 heteroatoms. The Hall–Kier alpha value is -4.00. The number of carboxylic acid groups (broad SMARTS) is 1. The molecule has 0 aliphatic rings. The molecule has 0 unspecified atom stereocenters. The second-order valence-electron chi connectivity index (χ2n) is 10.2. The third-order valence-corrected chi connectivity index (χ3v) is 6.96. The van der Waals surface area contributed by atoms with Crippen molar-refractivity contribution < 1.29 is 33.9 Å². The summed E-state index contributed by atoms with van der Waals surface area (Å²) in [5.74, 6) is -5.24. The molecule has 1 rings (SSSR count). The molecule has 0 spiro atoms.